The van der Waals surface area contributed by atoms with Gasteiger partial charge in [-0.2, -0.15) is 0 Å². The summed E-state index contributed by atoms with van der Waals surface area (Å²) in [5, 5.41) is 1.01. The van der Waals surface area contributed by atoms with Crippen LogP contribution in [0.25, 0.3) is 10.9 Å². The molecule has 0 amide bonds. The summed E-state index contributed by atoms with van der Waals surface area (Å²) in [4.78, 5) is 4.26. The molecule has 1 heterocycles. The molecule has 0 unspecified atom stereocenters. The van der Waals surface area contributed by atoms with E-state index in [1.807, 2.05) is 25.1 Å². The number of aromatic nitrogens is 1. The molecule has 0 spiro atoms. The van der Waals surface area contributed by atoms with Crippen LogP contribution in [0, 0.1) is 6.92 Å². The molecule has 0 saturated heterocycles. The van der Waals surface area contributed by atoms with Gasteiger partial charge in [0.2, 0.25) is 0 Å². The van der Waals surface area contributed by atoms with Crippen LogP contribution in [-0.2, 0) is 0 Å². The summed E-state index contributed by atoms with van der Waals surface area (Å²) in [5.41, 5.74) is 8.79. The average molecular weight is 237 g/mol. The van der Waals surface area contributed by atoms with Gasteiger partial charge < -0.3 is 5.73 Å². The Balaban J connectivity index is 2.89. The summed E-state index contributed by atoms with van der Waals surface area (Å²) in [6.07, 6.45) is 1.73. The topological polar surface area (TPSA) is 38.9 Å². The lowest BCUT2D eigenvalue weighted by Crippen LogP contribution is -1.91. The molecule has 2 N–H and O–H groups in total. The predicted molar refractivity (Wildman–Crippen MR) is 58.6 cm³/mol. The Hall–Kier alpha value is -1.09. The van der Waals surface area contributed by atoms with E-state index in [4.69, 9.17) is 5.73 Å². The summed E-state index contributed by atoms with van der Waals surface area (Å²) >= 11 is 3.35. The minimum atomic E-state index is 0.758. The fourth-order valence-corrected chi connectivity index (χ4v) is 1.62. The Morgan fingerprint density at radius 1 is 1.38 bits per heavy atom. The molecule has 66 valence electrons. The van der Waals surface area contributed by atoms with Crippen molar-refractivity contribution in [3.05, 3.63) is 34.4 Å². The van der Waals surface area contributed by atoms with E-state index in [-0.39, 0.29) is 0 Å². The molecule has 0 bridgehead atoms. The first-order valence-electron chi connectivity index (χ1n) is 3.99. The molecular weight excluding hydrogens is 228 g/mol. The zero-order valence-corrected chi connectivity index (χ0v) is 8.80. The van der Waals surface area contributed by atoms with Crippen LogP contribution in [0.3, 0.4) is 0 Å². The van der Waals surface area contributed by atoms with E-state index in [0.29, 0.717) is 0 Å². The Bertz CT molecular complexity index is 460. The lowest BCUT2D eigenvalue weighted by molar-refractivity contribution is 1.38. The molecule has 0 saturated carbocycles. The summed E-state index contributed by atoms with van der Waals surface area (Å²) in [5.74, 6) is 0. The van der Waals surface area contributed by atoms with Crippen LogP contribution in [0.5, 0.6) is 0 Å². The van der Waals surface area contributed by atoms with Gasteiger partial charge in [-0.05, 0) is 35.0 Å². The standard InChI is InChI=1S/C10H9BrN2/c1-6-2-3-9-7(4-6)10(12)8(11)5-13-9/h2-5H,1H3,(H2,12,13). The quantitative estimate of drug-likeness (QED) is 0.765. The van der Waals surface area contributed by atoms with E-state index in [9.17, 15) is 0 Å². The third-order valence-corrected chi connectivity index (χ3v) is 2.65. The van der Waals surface area contributed by atoms with Gasteiger partial charge in [-0.25, -0.2) is 0 Å². The molecule has 1 aromatic carbocycles. The van der Waals surface area contributed by atoms with Gasteiger partial charge in [0.05, 0.1) is 15.7 Å². The van der Waals surface area contributed by atoms with E-state index in [2.05, 4.69) is 20.9 Å². The highest BCUT2D eigenvalue weighted by Gasteiger charge is 2.02. The summed E-state index contributed by atoms with van der Waals surface area (Å²) in [6, 6.07) is 6.05. The maximum absolute atomic E-state index is 5.90. The maximum atomic E-state index is 5.90. The molecule has 1 aromatic heterocycles. The molecule has 3 heteroatoms. The zero-order valence-electron chi connectivity index (χ0n) is 7.21. The number of benzene rings is 1. The number of nitrogen functional groups attached to an aromatic ring is 1. The summed E-state index contributed by atoms with van der Waals surface area (Å²) in [7, 11) is 0. The number of nitrogens with zero attached hydrogens (tertiary/aromatic N) is 1. The number of hydrogen-bond donors (Lipinski definition) is 1. The largest absolute Gasteiger partial charge is 0.397 e. The van der Waals surface area contributed by atoms with Crippen molar-refractivity contribution in [2.45, 2.75) is 6.92 Å². The molecular formula is C10H9BrN2. The molecule has 0 radical (unpaired) electrons. The molecule has 0 aliphatic rings. The van der Waals surface area contributed by atoms with Crippen molar-refractivity contribution < 1.29 is 0 Å². The molecule has 0 aliphatic carbocycles. The van der Waals surface area contributed by atoms with Gasteiger partial charge in [-0.3, -0.25) is 4.98 Å². The van der Waals surface area contributed by atoms with Crippen LogP contribution < -0.4 is 5.73 Å². The van der Waals surface area contributed by atoms with E-state index >= 15 is 0 Å². The third kappa shape index (κ3) is 1.40. The molecule has 0 fully saturated rings. The van der Waals surface area contributed by atoms with Crippen molar-refractivity contribution in [2.24, 2.45) is 0 Å². The predicted octanol–water partition coefficient (Wildman–Crippen LogP) is 2.89. The highest BCUT2D eigenvalue weighted by atomic mass is 79.9. The normalized spacial score (nSPS) is 10.6. The number of pyridine rings is 1. The van der Waals surface area contributed by atoms with E-state index in [1.54, 1.807) is 6.20 Å². The third-order valence-electron chi connectivity index (χ3n) is 2.02. The van der Waals surface area contributed by atoms with E-state index in [1.165, 1.54) is 5.56 Å². The molecule has 13 heavy (non-hydrogen) atoms. The second-order valence-electron chi connectivity index (χ2n) is 3.04. The van der Waals surface area contributed by atoms with Gasteiger partial charge in [0.15, 0.2) is 0 Å². The smallest absolute Gasteiger partial charge is 0.0723 e. The number of fused-ring (bicyclic) bond motifs is 1. The number of halogens is 1. The number of nitrogens with two attached hydrogens (primary N) is 1. The molecule has 2 rings (SSSR count). The van der Waals surface area contributed by atoms with Crippen LogP contribution in [0.1, 0.15) is 5.56 Å². The van der Waals surface area contributed by atoms with E-state index in [0.717, 1.165) is 21.1 Å². The zero-order chi connectivity index (χ0) is 9.42. The molecule has 0 aliphatic heterocycles. The van der Waals surface area contributed by atoms with Crippen LogP contribution in [0.4, 0.5) is 5.69 Å². The average Bonchev–Trinajstić information content (AvgIpc) is 2.12. The summed E-state index contributed by atoms with van der Waals surface area (Å²) in [6.45, 7) is 2.04. The number of anilines is 1. The molecule has 0 atom stereocenters. The van der Waals surface area contributed by atoms with Gasteiger partial charge >= 0.3 is 0 Å². The Labute approximate surface area is 84.9 Å². The van der Waals surface area contributed by atoms with Crippen molar-refractivity contribution in [3.63, 3.8) is 0 Å². The lowest BCUT2D eigenvalue weighted by Gasteiger charge is -2.03. The first kappa shape index (κ1) is 8.51. The van der Waals surface area contributed by atoms with Gasteiger partial charge in [0, 0.05) is 11.6 Å². The Morgan fingerprint density at radius 3 is 2.92 bits per heavy atom. The molecule has 2 nitrogen and oxygen atoms in total. The highest BCUT2D eigenvalue weighted by molar-refractivity contribution is 9.10. The van der Waals surface area contributed by atoms with Gasteiger partial charge in [-0.15, -0.1) is 0 Å². The highest BCUT2D eigenvalue weighted by Crippen LogP contribution is 2.27. The maximum Gasteiger partial charge on any atom is 0.0723 e. The fraction of sp³-hybridized carbons (Fsp3) is 0.100. The number of rotatable bonds is 0. The fourth-order valence-electron chi connectivity index (χ4n) is 1.30. The van der Waals surface area contributed by atoms with Gasteiger partial charge in [0.25, 0.3) is 0 Å². The number of hydrogen-bond acceptors (Lipinski definition) is 2. The monoisotopic (exact) mass is 236 g/mol. The van der Waals surface area contributed by atoms with Crippen LogP contribution in [0.15, 0.2) is 28.9 Å². The Kier molecular flexibility index (Phi) is 1.96. The van der Waals surface area contributed by atoms with Crippen molar-refractivity contribution in [1.29, 1.82) is 0 Å². The van der Waals surface area contributed by atoms with Crippen LogP contribution in [0.2, 0.25) is 0 Å². The van der Waals surface area contributed by atoms with Crippen molar-refractivity contribution in [3.8, 4) is 0 Å². The second kappa shape index (κ2) is 3.00. The lowest BCUT2D eigenvalue weighted by atomic mass is 10.1. The minimum absolute atomic E-state index is 0.758. The van der Waals surface area contributed by atoms with Gasteiger partial charge in [-0.1, -0.05) is 11.6 Å². The number of aryl methyl sites for hydroxylation is 1. The minimum Gasteiger partial charge on any atom is -0.397 e. The first-order chi connectivity index (χ1) is 6.18. The second-order valence-corrected chi connectivity index (χ2v) is 3.89. The van der Waals surface area contributed by atoms with Crippen LogP contribution in [-0.4, -0.2) is 4.98 Å². The van der Waals surface area contributed by atoms with Crippen molar-refractivity contribution in [2.75, 3.05) is 5.73 Å². The van der Waals surface area contributed by atoms with Crippen molar-refractivity contribution >= 4 is 32.5 Å². The molecule has 2 aromatic rings. The SMILES string of the molecule is Cc1ccc2ncc(Br)c(N)c2c1. The van der Waals surface area contributed by atoms with Crippen molar-refractivity contribution in [1.82, 2.24) is 4.98 Å². The Morgan fingerprint density at radius 2 is 2.15 bits per heavy atom. The van der Waals surface area contributed by atoms with Gasteiger partial charge in [0.1, 0.15) is 0 Å². The van der Waals surface area contributed by atoms with E-state index < -0.39 is 0 Å². The summed E-state index contributed by atoms with van der Waals surface area (Å²) < 4.78 is 0.852. The van der Waals surface area contributed by atoms with Crippen LogP contribution >= 0.6 is 15.9 Å². The first-order valence-corrected chi connectivity index (χ1v) is 4.78.